The molecular formula is C19H23NO6S. The normalized spacial score (nSPS) is 12.0. The average molecular weight is 393 g/mol. The zero-order valence-electron chi connectivity index (χ0n) is 15.8. The van der Waals surface area contributed by atoms with Crippen molar-refractivity contribution in [2.24, 2.45) is 0 Å². The number of fused-ring (bicyclic) bond motifs is 1. The van der Waals surface area contributed by atoms with Crippen LogP contribution in [0.1, 0.15) is 23.1 Å². The fourth-order valence-electron chi connectivity index (χ4n) is 2.67. The van der Waals surface area contributed by atoms with E-state index in [9.17, 15) is 19.5 Å². The number of carbonyl (C=O) groups excluding carboxylic acids is 1. The van der Waals surface area contributed by atoms with Crippen molar-refractivity contribution in [3.63, 3.8) is 0 Å². The molecule has 0 radical (unpaired) electrons. The van der Waals surface area contributed by atoms with Crippen molar-refractivity contribution in [3.8, 4) is 5.75 Å². The Labute approximate surface area is 161 Å². The first-order valence-corrected chi connectivity index (χ1v) is 9.82. The highest BCUT2D eigenvalue weighted by Crippen LogP contribution is 2.30. The smallest absolute Gasteiger partial charge is 0.339 e. The third-order valence-corrected chi connectivity index (χ3v) is 4.90. The number of nitrogens with one attached hydrogen (secondary N) is 1. The summed E-state index contributed by atoms with van der Waals surface area (Å²) in [6, 6.07) is 2.54. The van der Waals surface area contributed by atoms with Gasteiger partial charge < -0.3 is 19.6 Å². The summed E-state index contributed by atoms with van der Waals surface area (Å²) in [5, 5.41) is 12.3. The highest BCUT2D eigenvalue weighted by atomic mass is 32.2. The second-order valence-electron chi connectivity index (χ2n) is 6.30. The number of rotatable bonds is 8. The summed E-state index contributed by atoms with van der Waals surface area (Å²) in [4.78, 5) is 35.3. The maximum atomic E-state index is 12.1. The van der Waals surface area contributed by atoms with Crippen molar-refractivity contribution in [1.82, 2.24) is 5.32 Å². The molecule has 2 aromatic rings. The van der Waals surface area contributed by atoms with Crippen LogP contribution in [0.4, 0.5) is 0 Å². The van der Waals surface area contributed by atoms with E-state index in [1.54, 1.807) is 26.0 Å². The molecule has 0 bridgehead atoms. The van der Waals surface area contributed by atoms with Gasteiger partial charge in [0.05, 0.1) is 5.39 Å². The molecule has 0 saturated carbocycles. The lowest BCUT2D eigenvalue weighted by molar-refractivity contribution is -0.142. The van der Waals surface area contributed by atoms with Crippen molar-refractivity contribution in [3.05, 3.63) is 39.2 Å². The van der Waals surface area contributed by atoms with E-state index < -0.39 is 23.5 Å². The summed E-state index contributed by atoms with van der Waals surface area (Å²) in [5.41, 5.74) is 1.99. The number of benzene rings is 1. The lowest BCUT2D eigenvalue weighted by atomic mass is 10.0. The first-order chi connectivity index (χ1) is 12.7. The lowest BCUT2D eigenvalue weighted by Gasteiger charge is -2.16. The predicted molar refractivity (Wildman–Crippen MR) is 105 cm³/mol. The van der Waals surface area contributed by atoms with Gasteiger partial charge in [0, 0.05) is 5.56 Å². The summed E-state index contributed by atoms with van der Waals surface area (Å²) in [6.45, 7) is 4.95. The van der Waals surface area contributed by atoms with Gasteiger partial charge in [-0.15, -0.1) is 0 Å². The maximum absolute atomic E-state index is 12.1. The highest BCUT2D eigenvalue weighted by molar-refractivity contribution is 7.98. The van der Waals surface area contributed by atoms with Crippen molar-refractivity contribution in [2.45, 2.75) is 33.2 Å². The topological polar surface area (TPSA) is 106 Å². The Morgan fingerprint density at radius 1 is 1.26 bits per heavy atom. The Kier molecular flexibility index (Phi) is 6.90. The second-order valence-corrected chi connectivity index (χ2v) is 7.29. The number of aryl methyl sites for hydroxylation is 2. The minimum Gasteiger partial charge on any atom is -0.483 e. The minimum absolute atomic E-state index is 0.332. The van der Waals surface area contributed by atoms with Gasteiger partial charge in [-0.1, -0.05) is 0 Å². The van der Waals surface area contributed by atoms with Crippen LogP contribution in [-0.2, 0) is 9.59 Å². The number of carbonyl (C=O) groups is 2. The average Bonchev–Trinajstić information content (AvgIpc) is 2.60. The summed E-state index contributed by atoms with van der Waals surface area (Å²) < 4.78 is 11.0. The summed E-state index contributed by atoms with van der Waals surface area (Å²) in [7, 11) is 0. The van der Waals surface area contributed by atoms with Crippen molar-refractivity contribution < 1.29 is 23.8 Å². The van der Waals surface area contributed by atoms with Crippen LogP contribution < -0.4 is 15.7 Å². The summed E-state index contributed by atoms with van der Waals surface area (Å²) in [6.07, 6.45) is 2.20. The standard InChI is InChI=1S/C19H23NO6S/c1-10-7-14(17-11(2)12(3)19(24)26-15(17)8-10)25-9-16(21)20-13(18(22)23)5-6-27-4/h7-8,13H,5-6,9H2,1-4H3,(H,20,21)(H,22,23)/t13-/m0/s1. The quantitative estimate of drug-likeness (QED) is 0.664. The molecule has 146 valence electrons. The third-order valence-electron chi connectivity index (χ3n) is 4.26. The van der Waals surface area contributed by atoms with Gasteiger partial charge in [0.2, 0.25) is 0 Å². The van der Waals surface area contributed by atoms with E-state index in [1.807, 2.05) is 13.2 Å². The van der Waals surface area contributed by atoms with Crippen LogP contribution >= 0.6 is 11.8 Å². The number of thioether (sulfide) groups is 1. The van der Waals surface area contributed by atoms with Crippen LogP contribution in [0, 0.1) is 20.8 Å². The Hall–Kier alpha value is -2.48. The molecule has 1 aromatic carbocycles. The maximum Gasteiger partial charge on any atom is 0.339 e. The fourth-order valence-corrected chi connectivity index (χ4v) is 3.15. The van der Waals surface area contributed by atoms with Gasteiger partial charge in [0.25, 0.3) is 5.91 Å². The molecule has 0 saturated heterocycles. The molecule has 0 aliphatic heterocycles. The van der Waals surface area contributed by atoms with E-state index in [4.69, 9.17) is 9.15 Å². The van der Waals surface area contributed by atoms with Gasteiger partial charge in [-0.05, 0) is 62.5 Å². The number of carboxylic acids is 1. The van der Waals surface area contributed by atoms with E-state index in [-0.39, 0.29) is 6.61 Å². The van der Waals surface area contributed by atoms with E-state index >= 15 is 0 Å². The third kappa shape index (κ3) is 5.03. The number of hydrogen-bond donors (Lipinski definition) is 2. The van der Waals surface area contributed by atoms with Crippen LogP contribution in [0.25, 0.3) is 11.0 Å². The number of amides is 1. The number of ether oxygens (including phenoxy) is 1. The van der Waals surface area contributed by atoms with Crippen molar-refractivity contribution in [1.29, 1.82) is 0 Å². The molecule has 1 heterocycles. The van der Waals surface area contributed by atoms with Crippen molar-refractivity contribution >= 4 is 34.6 Å². The Morgan fingerprint density at radius 3 is 2.59 bits per heavy atom. The first kappa shape index (κ1) is 20.8. The molecule has 0 fully saturated rings. The molecule has 7 nitrogen and oxygen atoms in total. The number of aliphatic carboxylic acids is 1. The molecule has 1 amide bonds. The summed E-state index contributed by atoms with van der Waals surface area (Å²) >= 11 is 1.51. The zero-order chi connectivity index (χ0) is 20.1. The van der Waals surface area contributed by atoms with Gasteiger partial charge in [0.15, 0.2) is 6.61 Å². The van der Waals surface area contributed by atoms with Crippen LogP contribution in [0.15, 0.2) is 21.3 Å². The predicted octanol–water partition coefficient (Wildman–Crippen LogP) is 2.42. The molecular weight excluding hydrogens is 370 g/mol. The van der Waals surface area contributed by atoms with E-state index in [0.717, 1.165) is 11.1 Å². The highest BCUT2D eigenvalue weighted by Gasteiger charge is 2.20. The van der Waals surface area contributed by atoms with Gasteiger partial charge >= 0.3 is 11.6 Å². The first-order valence-electron chi connectivity index (χ1n) is 8.43. The Balaban J connectivity index is 2.21. The molecule has 0 spiro atoms. The monoisotopic (exact) mass is 393 g/mol. The molecule has 8 heteroatoms. The zero-order valence-corrected chi connectivity index (χ0v) is 16.6. The molecule has 0 aliphatic rings. The van der Waals surface area contributed by atoms with Crippen molar-refractivity contribution in [2.75, 3.05) is 18.6 Å². The SMILES string of the molecule is CSCC[C@H](NC(=O)COc1cc(C)cc2oc(=O)c(C)c(C)c12)C(=O)O. The molecule has 27 heavy (non-hydrogen) atoms. The van der Waals surface area contributed by atoms with Crippen LogP contribution in [0.3, 0.4) is 0 Å². The molecule has 1 aromatic heterocycles. The van der Waals surface area contributed by atoms with Gasteiger partial charge in [-0.3, -0.25) is 4.79 Å². The molecule has 0 aliphatic carbocycles. The lowest BCUT2D eigenvalue weighted by Crippen LogP contribution is -2.43. The molecule has 1 atom stereocenters. The van der Waals surface area contributed by atoms with Crippen LogP contribution in [-0.4, -0.2) is 41.6 Å². The second kappa shape index (κ2) is 8.94. The van der Waals surface area contributed by atoms with Gasteiger partial charge in [-0.2, -0.15) is 11.8 Å². The van der Waals surface area contributed by atoms with E-state index in [1.165, 1.54) is 11.8 Å². The minimum atomic E-state index is -1.08. The van der Waals surface area contributed by atoms with Gasteiger partial charge in [-0.25, -0.2) is 9.59 Å². The number of carboxylic acid groups (broad SMARTS) is 1. The summed E-state index contributed by atoms with van der Waals surface area (Å²) in [5.74, 6) is -0.560. The number of hydrogen-bond acceptors (Lipinski definition) is 6. The largest absolute Gasteiger partial charge is 0.483 e. The fraction of sp³-hybridized carbons (Fsp3) is 0.421. The van der Waals surface area contributed by atoms with E-state index in [0.29, 0.717) is 34.5 Å². The molecule has 2 rings (SSSR count). The van der Waals surface area contributed by atoms with E-state index in [2.05, 4.69) is 5.32 Å². The molecule has 2 N–H and O–H groups in total. The van der Waals surface area contributed by atoms with Gasteiger partial charge in [0.1, 0.15) is 17.4 Å². The van der Waals surface area contributed by atoms with Crippen LogP contribution in [0.5, 0.6) is 5.75 Å². The Bertz CT molecular complexity index is 921. The van der Waals surface area contributed by atoms with Crippen LogP contribution in [0.2, 0.25) is 0 Å². The Morgan fingerprint density at radius 2 is 1.96 bits per heavy atom. The molecule has 0 unspecified atom stereocenters.